The smallest absolute Gasteiger partial charge is 0.226 e. The molecular weight excluding hydrogens is 354 g/mol. The Kier molecular flexibility index (Phi) is 6.23. The van der Waals surface area contributed by atoms with Gasteiger partial charge < -0.3 is 19.1 Å². The predicted octanol–water partition coefficient (Wildman–Crippen LogP) is 3.58. The molecule has 0 N–H and O–H groups in total. The molecule has 0 bridgehead atoms. The summed E-state index contributed by atoms with van der Waals surface area (Å²) in [6.45, 7) is 2.26. The van der Waals surface area contributed by atoms with Crippen molar-refractivity contribution in [1.82, 2.24) is 4.90 Å². The van der Waals surface area contributed by atoms with Crippen molar-refractivity contribution in [1.29, 1.82) is 0 Å². The van der Waals surface area contributed by atoms with Gasteiger partial charge >= 0.3 is 0 Å². The lowest BCUT2D eigenvalue weighted by molar-refractivity contribution is -0.129. The number of hydrogen-bond donors (Lipinski definition) is 0. The van der Waals surface area contributed by atoms with E-state index in [1.54, 1.807) is 24.1 Å². The van der Waals surface area contributed by atoms with Crippen LogP contribution < -0.4 is 14.2 Å². The number of benzene rings is 2. The van der Waals surface area contributed by atoms with Gasteiger partial charge in [-0.2, -0.15) is 0 Å². The standard InChI is InChI=1S/C20H22ClNO4/c1-22(8-3-9-24-17-5-2-4-16(21)14-17)20(23)13-15-6-7-18-19(12-15)26-11-10-25-18/h2,4-7,12,14H,3,8-11,13H2,1H3. The Bertz CT molecular complexity index is 765. The lowest BCUT2D eigenvalue weighted by Gasteiger charge is -2.20. The number of nitrogens with zero attached hydrogens (tertiary/aromatic N) is 1. The summed E-state index contributed by atoms with van der Waals surface area (Å²) in [6, 6.07) is 12.9. The zero-order chi connectivity index (χ0) is 18.4. The predicted molar refractivity (Wildman–Crippen MR) is 100 cm³/mol. The second kappa shape index (κ2) is 8.81. The van der Waals surface area contributed by atoms with E-state index >= 15 is 0 Å². The van der Waals surface area contributed by atoms with Gasteiger partial charge in [0.05, 0.1) is 13.0 Å². The van der Waals surface area contributed by atoms with Crippen molar-refractivity contribution in [2.24, 2.45) is 0 Å². The number of likely N-dealkylation sites (N-methyl/N-ethyl adjacent to an activating group) is 1. The van der Waals surface area contributed by atoms with E-state index in [0.29, 0.717) is 43.6 Å². The molecule has 1 heterocycles. The Hall–Kier alpha value is -2.40. The molecule has 5 nitrogen and oxygen atoms in total. The number of rotatable bonds is 7. The van der Waals surface area contributed by atoms with Crippen molar-refractivity contribution in [2.45, 2.75) is 12.8 Å². The SMILES string of the molecule is CN(CCCOc1cccc(Cl)c1)C(=O)Cc1ccc2c(c1)OCCO2. The molecule has 138 valence electrons. The van der Waals surface area contributed by atoms with Crippen LogP contribution in [0.4, 0.5) is 0 Å². The normalized spacial score (nSPS) is 12.5. The van der Waals surface area contributed by atoms with Crippen LogP contribution >= 0.6 is 11.6 Å². The molecular formula is C20H22ClNO4. The minimum Gasteiger partial charge on any atom is -0.493 e. The number of fused-ring (bicyclic) bond motifs is 1. The highest BCUT2D eigenvalue weighted by Crippen LogP contribution is 2.30. The molecule has 0 aromatic heterocycles. The highest BCUT2D eigenvalue weighted by atomic mass is 35.5. The third kappa shape index (κ3) is 5.05. The summed E-state index contributed by atoms with van der Waals surface area (Å²) in [5.74, 6) is 2.24. The lowest BCUT2D eigenvalue weighted by Crippen LogP contribution is -2.30. The average Bonchev–Trinajstić information content (AvgIpc) is 2.65. The molecule has 0 atom stereocenters. The largest absolute Gasteiger partial charge is 0.493 e. The van der Waals surface area contributed by atoms with Crippen LogP contribution in [0.2, 0.25) is 5.02 Å². The molecule has 2 aromatic carbocycles. The zero-order valence-corrected chi connectivity index (χ0v) is 15.5. The van der Waals surface area contributed by atoms with E-state index in [-0.39, 0.29) is 5.91 Å². The van der Waals surface area contributed by atoms with E-state index in [1.807, 2.05) is 30.3 Å². The Labute approximate surface area is 158 Å². The van der Waals surface area contributed by atoms with Gasteiger partial charge in [-0.05, 0) is 42.3 Å². The van der Waals surface area contributed by atoms with Crippen molar-refractivity contribution >= 4 is 17.5 Å². The van der Waals surface area contributed by atoms with Crippen LogP contribution in [0.15, 0.2) is 42.5 Å². The van der Waals surface area contributed by atoms with E-state index < -0.39 is 0 Å². The number of ether oxygens (including phenoxy) is 3. The molecule has 0 saturated heterocycles. The summed E-state index contributed by atoms with van der Waals surface area (Å²) in [7, 11) is 1.81. The average molecular weight is 376 g/mol. The molecule has 1 aliphatic rings. The zero-order valence-electron chi connectivity index (χ0n) is 14.7. The maximum atomic E-state index is 12.4. The van der Waals surface area contributed by atoms with E-state index in [9.17, 15) is 4.79 Å². The van der Waals surface area contributed by atoms with Gasteiger partial charge in [0.15, 0.2) is 11.5 Å². The first-order valence-electron chi connectivity index (χ1n) is 8.63. The van der Waals surface area contributed by atoms with Crippen molar-refractivity contribution in [3.05, 3.63) is 53.1 Å². The molecule has 0 fully saturated rings. The number of halogens is 1. The molecule has 1 aliphatic heterocycles. The van der Waals surface area contributed by atoms with Gasteiger partial charge in [0.25, 0.3) is 0 Å². The summed E-state index contributed by atoms with van der Waals surface area (Å²) < 4.78 is 16.7. The van der Waals surface area contributed by atoms with Crippen LogP contribution in [0.25, 0.3) is 0 Å². The minimum absolute atomic E-state index is 0.0597. The fraction of sp³-hybridized carbons (Fsp3) is 0.350. The van der Waals surface area contributed by atoms with E-state index in [0.717, 1.165) is 23.5 Å². The van der Waals surface area contributed by atoms with Crippen LogP contribution in [0.1, 0.15) is 12.0 Å². The molecule has 0 saturated carbocycles. The van der Waals surface area contributed by atoms with Crippen molar-refractivity contribution < 1.29 is 19.0 Å². The molecule has 0 aliphatic carbocycles. The van der Waals surface area contributed by atoms with Gasteiger partial charge in [-0.3, -0.25) is 4.79 Å². The van der Waals surface area contributed by atoms with Gasteiger partial charge in [0.2, 0.25) is 5.91 Å². The number of hydrogen-bond acceptors (Lipinski definition) is 4. The van der Waals surface area contributed by atoms with Crippen LogP contribution in [0.5, 0.6) is 17.2 Å². The monoisotopic (exact) mass is 375 g/mol. The highest BCUT2D eigenvalue weighted by molar-refractivity contribution is 6.30. The first kappa shape index (κ1) is 18.4. The summed E-state index contributed by atoms with van der Waals surface area (Å²) >= 11 is 5.92. The molecule has 26 heavy (non-hydrogen) atoms. The summed E-state index contributed by atoms with van der Waals surface area (Å²) in [4.78, 5) is 14.1. The first-order chi connectivity index (χ1) is 12.6. The third-order valence-electron chi connectivity index (χ3n) is 4.09. The molecule has 6 heteroatoms. The van der Waals surface area contributed by atoms with Gasteiger partial charge in [0, 0.05) is 18.6 Å². The van der Waals surface area contributed by atoms with Crippen LogP contribution in [0.3, 0.4) is 0 Å². The summed E-state index contributed by atoms with van der Waals surface area (Å²) in [6.07, 6.45) is 1.08. The third-order valence-corrected chi connectivity index (χ3v) is 4.33. The molecule has 0 unspecified atom stereocenters. The van der Waals surface area contributed by atoms with Gasteiger partial charge in [-0.15, -0.1) is 0 Å². The fourth-order valence-electron chi connectivity index (χ4n) is 2.68. The maximum absolute atomic E-state index is 12.4. The Balaban J connectivity index is 1.43. The lowest BCUT2D eigenvalue weighted by atomic mass is 10.1. The molecule has 1 amide bonds. The number of amides is 1. The second-order valence-corrected chi connectivity index (χ2v) is 6.57. The first-order valence-corrected chi connectivity index (χ1v) is 9.00. The van der Waals surface area contributed by atoms with Crippen LogP contribution in [0, 0.1) is 0 Å². The van der Waals surface area contributed by atoms with Crippen LogP contribution in [-0.2, 0) is 11.2 Å². The van der Waals surface area contributed by atoms with Gasteiger partial charge in [-0.1, -0.05) is 23.7 Å². The molecule has 0 spiro atoms. The summed E-state index contributed by atoms with van der Waals surface area (Å²) in [5, 5.41) is 0.647. The molecule has 0 radical (unpaired) electrons. The van der Waals surface area contributed by atoms with Crippen molar-refractivity contribution in [2.75, 3.05) is 33.4 Å². The quantitative estimate of drug-likeness (QED) is 0.694. The molecule has 3 rings (SSSR count). The van der Waals surface area contributed by atoms with E-state index in [4.69, 9.17) is 25.8 Å². The number of carbonyl (C=O) groups is 1. The maximum Gasteiger partial charge on any atom is 0.226 e. The highest BCUT2D eigenvalue weighted by Gasteiger charge is 2.15. The Morgan fingerprint density at radius 2 is 1.96 bits per heavy atom. The molecule has 2 aromatic rings. The van der Waals surface area contributed by atoms with Crippen molar-refractivity contribution in [3.63, 3.8) is 0 Å². The fourth-order valence-corrected chi connectivity index (χ4v) is 2.86. The van der Waals surface area contributed by atoms with Gasteiger partial charge in [-0.25, -0.2) is 0 Å². The van der Waals surface area contributed by atoms with E-state index in [2.05, 4.69) is 0 Å². The Morgan fingerprint density at radius 1 is 1.15 bits per heavy atom. The van der Waals surface area contributed by atoms with E-state index in [1.165, 1.54) is 0 Å². The minimum atomic E-state index is 0.0597. The van der Waals surface area contributed by atoms with Gasteiger partial charge in [0.1, 0.15) is 19.0 Å². The Morgan fingerprint density at radius 3 is 2.77 bits per heavy atom. The van der Waals surface area contributed by atoms with Crippen LogP contribution in [-0.4, -0.2) is 44.2 Å². The van der Waals surface area contributed by atoms with Crippen molar-refractivity contribution in [3.8, 4) is 17.2 Å². The summed E-state index contributed by atoms with van der Waals surface area (Å²) in [5.41, 5.74) is 0.918. The number of carbonyl (C=O) groups excluding carboxylic acids is 1. The topological polar surface area (TPSA) is 48.0 Å². The second-order valence-electron chi connectivity index (χ2n) is 6.13.